The Hall–Kier alpha value is 0.0832. The molecule has 0 spiro atoms. The molecule has 0 radical (unpaired) electrons. The van der Waals surface area contributed by atoms with E-state index in [1.165, 1.54) is 44.4 Å². The van der Waals surface area contributed by atoms with Crippen LogP contribution in [-0.4, -0.2) is 21.8 Å². The van der Waals surface area contributed by atoms with Gasteiger partial charge >= 0.3 is 17.1 Å². The second-order valence-electron chi connectivity index (χ2n) is 10.6. The van der Waals surface area contributed by atoms with E-state index in [2.05, 4.69) is 75.7 Å². The summed E-state index contributed by atoms with van der Waals surface area (Å²) in [6.45, 7) is 15.1. The van der Waals surface area contributed by atoms with Crippen LogP contribution in [0.5, 0.6) is 0 Å². The maximum absolute atomic E-state index is 2.51. The van der Waals surface area contributed by atoms with Crippen molar-refractivity contribution in [1.29, 1.82) is 0 Å². The fourth-order valence-electron chi connectivity index (χ4n) is 4.85. The van der Waals surface area contributed by atoms with Crippen molar-refractivity contribution in [3.63, 3.8) is 0 Å². The first-order valence-electron chi connectivity index (χ1n) is 10.9. The summed E-state index contributed by atoms with van der Waals surface area (Å²) in [6, 6.07) is 14.4. The average molecular weight is 501 g/mol. The molecule has 172 valence electrons. The first-order valence-corrected chi connectivity index (χ1v) is 19.7. The summed E-state index contributed by atoms with van der Waals surface area (Å²) in [4.78, 5) is 0. The molecule has 0 atom stereocenters. The topological polar surface area (TPSA) is 0 Å². The molecule has 1 aliphatic carbocycles. The number of rotatable bonds is 7. The molecule has 0 nitrogen and oxygen atoms in total. The van der Waals surface area contributed by atoms with Gasteiger partial charge in [0.15, 0.2) is 0 Å². The van der Waals surface area contributed by atoms with Crippen molar-refractivity contribution in [3.8, 4) is 0 Å². The molecule has 1 saturated carbocycles. The van der Waals surface area contributed by atoms with E-state index in [4.69, 9.17) is 0 Å². The molecule has 0 aromatic heterocycles. The zero-order valence-corrected chi connectivity index (χ0v) is 24.8. The van der Waals surface area contributed by atoms with Gasteiger partial charge < -0.3 is 14.9 Å². The Labute approximate surface area is 202 Å². The van der Waals surface area contributed by atoms with Crippen molar-refractivity contribution in [2.45, 2.75) is 89.4 Å². The third-order valence-electron chi connectivity index (χ3n) is 6.27. The van der Waals surface area contributed by atoms with Gasteiger partial charge in [0.25, 0.3) is 0 Å². The van der Waals surface area contributed by atoms with Crippen LogP contribution < -0.4 is 10.4 Å². The predicted molar refractivity (Wildman–Crippen MR) is 144 cm³/mol. The zero-order chi connectivity index (χ0) is 19.7. The van der Waals surface area contributed by atoms with E-state index in [0.29, 0.717) is 0 Å². The van der Waals surface area contributed by atoms with Gasteiger partial charge in [-0.2, -0.15) is 33.6 Å². The maximum Gasteiger partial charge on any atom is 2.00 e. The summed E-state index contributed by atoms with van der Waals surface area (Å²) in [7, 11) is -2.45. The van der Waals surface area contributed by atoms with E-state index in [1.54, 1.807) is 21.5 Å². The Morgan fingerprint density at radius 3 is 1.53 bits per heavy atom. The van der Waals surface area contributed by atoms with Gasteiger partial charge in [-0.25, -0.2) is 24.3 Å². The predicted octanol–water partition coefficient (Wildman–Crippen LogP) is 7.63. The van der Waals surface area contributed by atoms with Crippen LogP contribution in [0.25, 0.3) is 0 Å². The van der Waals surface area contributed by atoms with E-state index in [-0.39, 0.29) is 39.8 Å². The minimum Gasteiger partial charge on any atom is -0.358 e. The molecule has 1 fully saturated rings. The van der Waals surface area contributed by atoms with Gasteiger partial charge in [-0.05, 0) is 18.5 Å². The molecular weight excluding hydrogens is 455 g/mol. The van der Waals surface area contributed by atoms with Crippen molar-refractivity contribution in [1.82, 2.24) is 0 Å². The van der Waals surface area contributed by atoms with Crippen molar-refractivity contribution in [2.24, 2.45) is 0 Å². The Bertz CT molecular complexity index is 673. The Morgan fingerprint density at radius 2 is 1.17 bits per heavy atom. The SMILES string of the molecule is C[Si](C)(C)c1ccc[c-]1CP(C[c-]1cccc1[Si](C)(C)C)C1CCCCC1.[CH3-].[CH3-].[Fe+2]. The molecule has 4 heteroatoms. The van der Waals surface area contributed by atoms with Gasteiger partial charge in [0.1, 0.15) is 0 Å². The van der Waals surface area contributed by atoms with E-state index in [0.717, 1.165) is 5.66 Å². The fraction of sp³-hybridized carbons (Fsp3) is 0.538. The van der Waals surface area contributed by atoms with Gasteiger partial charge in [-0.15, -0.1) is 7.92 Å². The smallest absolute Gasteiger partial charge is 0.358 e. The Kier molecular flexibility index (Phi) is 12.4. The minimum atomic E-state index is -1.24. The van der Waals surface area contributed by atoms with Crippen LogP contribution in [0.3, 0.4) is 0 Å². The van der Waals surface area contributed by atoms with E-state index in [1.807, 2.05) is 0 Å². The molecule has 0 N–H and O–H groups in total. The van der Waals surface area contributed by atoms with Crippen LogP contribution in [0, 0.1) is 14.9 Å². The largest absolute Gasteiger partial charge is 2.00 e. The normalized spacial score (nSPS) is 15.3. The monoisotopic (exact) mass is 500 g/mol. The van der Waals surface area contributed by atoms with Gasteiger partial charge in [-0.1, -0.05) is 70.9 Å². The van der Waals surface area contributed by atoms with Crippen LogP contribution in [0.15, 0.2) is 36.4 Å². The van der Waals surface area contributed by atoms with Crippen molar-refractivity contribution in [3.05, 3.63) is 62.4 Å². The van der Waals surface area contributed by atoms with Crippen LogP contribution in [0.2, 0.25) is 39.3 Å². The standard InChI is InChI=1S/C24H39PSi2.2CH3.Fe/c1-26(2,3)23-16-10-12-20(23)18-25(22-14-8-7-9-15-22)19-21-13-11-17-24(21)27(4,5)6;;;/h10-13,16-17,22H,7-9,14-15,18-19H2,1-6H3;2*1H3;/q-2;2*-1;+2. The molecule has 3 rings (SSSR count). The second kappa shape index (κ2) is 12.4. The van der Waals surface area contributed by atoms with Crippen LogP contribution in [0.4, 0.5) is 0 Å². The molecule has 0 unspecified atom stereocenters. The van der Waals surface area contributed by atoms with Gasteiger partial charge in [0.05, 0.1) is 16.1 Å². The summed E-state index contributed by atoms with van der Waals surface area (Å²) in [5.41, 5.74) is 4.39. The van der Waals surface area contributed by atoms with Crippen LogP contribution in [-0.2, 0) is 29.4 Å². The zero-order valence-electron chi connectivity index (χ0n) is 20.8. The average Bonchev–Trinajstić information content (AvgIpc) is 3.23. The van der Waals surface area contributed by atoms with Crippen molar-refractivity contribution in [2.75, 3.05) is 0 Å². The van der Waals surface area contributed by atoms with Crippen molar-refractivity contribution >= 4 is 34.4 Å². The van der Waals surface area contributed by atoms with Crippen LogP contribution >= 0.6 is 7.92 Å². The number of hydrogen-bond acceptors (Lipinski definition) is 0. The van der Waals surface area contributed by atoms with E-state index >= 15 is 0 Å². The minimum absolute atomic E-state index is 0. The summed E-state index contributed by atoms with van der Waals surface area (Å²) >= 11 is 0. The van der Waals surface area contributed by atoms with Gasteiger partial charge in [-0.3, -0.25) is 0 Å². The first-order chi connectivity index (χ1) is 12.7. The molecule has 30 heavy (non-hydrogen) atoms. The molecule has 0 heterocycles. The molecule has 1 aliphatic rings. The Morgan fingerprint density at radius 1 is 0.767 bits per heavy atom. The van der Waals surface area contributed by atoms with Crippen LogP contribution in [0.1, 0.15) is 43.2 Å². The summed E-state index contributed by atoms with van der Waals surface area (Å²) in [5.74, 6) is 0. The third kappa shape index (κ3) is 7.59. The van der Waals surface area contributed by atoms with Gasteiger partial charge in [0, 0.05) is 0 Å². The molecule has 0 aliphatic heterocycles. The molecule has 0 bridgehead atoms. The fourth-order valence-corrected chi connectivity index (χ4v) is 11.8. The third-order valence-corrected chi connectivity index (χ3v) is 13.5. The first kappa shape index (κ1) is 30.1. The van der Waals surface area contributed by atoms with E-state index < -0.39 is 16.1 Å². The summed E-state index contributed by atoms with van der Waals surface area (Å²) in [5, 5.41) is 3.44. The maximum atomic E-state index is 2.51. The Balaban J connectivity index is 0.00000280. The molecule has 0 amide bonds. The van der Waals surface area contributed by atoms with E-state index in [9.17, 15) is 0 Å². The number of hydrogen-bond donors (Lipinski definition) is 0. The van der Waals surface area contributed by atoms with Gasteiger partial charge in [0.2, 0.25) is 0 Å². The summed E-state index contributed by atoms with van der Waals surface area (Å²) in [6.07, 6.45) is 10.1. The molecule has 2 aromatic rings. The molecular formula is C26H45FePSi2-2. The molecule has 0 saturated heterocycles. The van der Waals surface area contributed by atoms with Crippen molar-refractivity contribution < 1.29 is 17.1 Å². The molecule has 2 aromatic carbocycles. The quantitative estimate of drug-likeness (QED) is 0.208. The second-order valence-corrected chi connectivity index (χ2v) is 23.2. The summed E-state index contributed by atoms with van der Waals surface area (Å²) < 4.78 is 0.